The molecule has 2 N–H and O–H groups in total. The zero-order chi connectivity index (χ0) is 14.7. The lowest BCUT2D eigenvalue weighted by Gasteiger charge is -2.12. The Labute approximate surface area is 125 Å². The van der Waals surface area contributed by atoms with E-state index in [1.807, 2.05) is 24.3 Å². The van der Waals surface area contributed by atoms with Crippen molar-refractivity contribution < 1.29 is 0 Å². The van der Waals surface area contributed by atoms with E-state index >= 15 is 0 Å². The van der Waals surface area contributed by atoms with Gasteiger partial charge in [-0.05, 0) is 55.1 Å². The van der Waals surface area contributed by atoms with Gasteiger partial charge in [0.15, 0.2) is 0 Å². The number of unbranched alkanes of at least 4 members (excludes halogenated alkanes) is 1. The Hall–Kier alpha value is -2.00. The van der Waals surface area contributed by atoms with Gasteiger partial charge in [-0.2, -0.15) is 0 Å². The predicted octanol–water partition coefficient (Wildman–Crippen LogP) is 4.02. The number of benzene rings is 2. The van der Waals surface area contributed by atoms with Gasteiger partial charge in [0.25, 0.3) is 0 Å². The number of nitrogens with two attached hydrogens (primary N) is 1. The standard InChI is InChI=1S/C18H21N3/c1-13(6-4-5-11-19)14-9-10-17-18(12-14)21-16-8-3-2-7-15(16)20-17/h2-3,7-10,12-13H,4-6,11,19H2,1H3. The molecule has 21 heavy (non-hydrogen) atoms. The average Bonchev–Trinajstić information content (AvgIpc) is 2.52. The van der Waals surface area contributed by atoms with Crippen molar-refractivity contribution >= 4 is 22.1 Å². The molecule has 0 aliphatic carbocycles. The third kappa shape index (κ3) is 3.03. The average molecular weight is 279 g/mol. The molecule has 0 saturated carbocycles. The summed E-state index contributed by atoms with van der Waals surface area (Å²) in [5.74, 6) is 0.536. The van der Waals surface area contributed by atoms with Crippen molar-refractivity contribution in [2.75, 3.05) is 6.54 Å². The minimum Gasteiger partial charge on any atom is -0.330 e. The molecule has 0 fully saturated rings. The molecule has 3 rings (SSSR count). The molecule has 1 atom stereocenters. The second kappa shape index (κ2) is 6.19. The maximum absolute atomic E-state index is 5.56. The normalized spacial score (nSPS) is 12.9. The van der Waals surface area contributed by atoms with E-state index in [4.69, 9.17) is 10.7 Å². The third-order valence-corrected chi connectivity index (χ3v) is 4.02. The summed E-state index contributed by atoms with van der Waals surface area (Å²) >= 11 is 0. The first-order chi connectivity index (χ1) is 10.3. The molecule has 3 aromatic rings. The minimum atomic E-state index is 0.536. The van der Waals surface area contributed by atoms with Crippen LogP contribution in [0.4, 0.5) is 0 Å². The largest absolute Gasteiger partial charge is 0.330 e. The van der Waals surface area contributed by atoms with Crippen molar-refractivity contribution in [1.29, 1.82) is 0 Å². The molecule has 108 valence electrons. The Balaban J connectivity index is 1.93. The van der Waals surface area contributed by atoms with Crippen LogP contribution in [0, 0.1) is 0 Å². The Morgan fingerprint density at radius 2 is 1.57 bits per heavy atom. The van der Waals surface area contributed by atoms with Gasteiger partial charge in [0, 0.05) is 0 Å². The molecule has 0 aliphatic heterocycles. The summed E-state index contributed by atoms with van der Waals surface area (Å²) in [6.45, 7) is 3.05. The molecule has 0 bridgehead atoms. The number of hydrogen-bond donors (Lipinski definition) is 1. The SMILES string of the molecule is CC(CCCCN)c1ccc2nc3ccccc3nc2c1. The molecule has 2 aromatic carbocycles. The smallest absolute Gasteiger partial charge is 0.0897 e. The monoisotopic (exact) mass is 279 g/mol. The highest BCUT2D eigenvalue weighted by atomic mass is 14.8. The van der Waals surface area contributed by atoms with Gasteiger partial charge in [0.2, 0.25) is 0 Å². The van der Waals surface area contributed by atoms with E-state index in [0.29, 0.717) is 5.92 Å². The van der Waals surface area contributed by atoms with Crippen molar-refractivity contribution in [2.45, 2.75) is 32.1 Å². The summed E-state index contributed by atoms with van der Waals surface area (Å²) in [5.41, 5.74) is 10.8. The maximum Gasteiger partial charge on any atom is 0.0897 e. The Morgan fingerprint density at radius 1 is 0.905 bits per heavy atom. The summed E-state index contributed by atoms with van der Waals surface area (Å²) in [5, 5.41) is 0. The quantitative estimate of drug-likeness (QED) is 0.567. The highest BCUT2D eigenvalue weighted by Gasteiger charge is 2.08. The molecule has 0 radical (unpaired) electrons. The third-order valence-electron chi connectivity index (χ3n) is 4.02. The van der Waals surface area contributed by atoms with Gasteiger partial charge in [-0.25, -0.2) is 9.97 Å². The minimum absolute atomic E-state index is 0.536. The number of rotatable bonds is 5. The van der Waals surface area contributed by atoms with Crippen LogP contribution in [0.5, 0.6) is 0 Å². The van der Waals surface area contributed by atoms with Crippen molar-refractivity contribution in [2.24, 2.45) is 5.73 Å². The summed E-state index contributed by atoms with van der Waals surface area (Å²) in [6, 6.07) is 14.5. The Kier molecular flexibility index (Phi) is 4.11. The van der Waals surface area contributed by atoms with E-state index in [0.717, 1.165) is 35.0 Å². The van der Waals surface area contributed by atoms with Crippen molar-refractivity contribution in [3.8, 4) is 0 Å². The first-order valence-corrected chi connectivity index (χ1v) is 7.64. The number of fused-ring (bicyclic) bond motifs is 2. The van der Waals surface area contributed by atoms with E-state index in [2.05, 4.69) is 30.1 Å². The van der Waals surface area contributed by atoms with Crippen molar-refractivity contribution in [1.82, 2.24) is 9.97 Å². The van der Waals surface area contributed by atoms with Crippen LogP contribution in [0.15, 0.2) is 42.5 Å². The van der Waals surface area contributed by atoms with Crippen LogP contribution in [0.2, 0.25) is 0 Å². The molecule has 0 aliphatic rings. The Morgan fingerprint density at radius 3 is 2.29 bits per heavy atom. The van der Waals surface area contributed by atoms with Crippen LogP contribution in [-0.2, 0) is 0 Å². The fraction of sp³-hybridized carbons (Fsp3) is 0.333. The maximum atomic E-state index is 5.56. The number of para-hydroxylation sites is 2. The number of nitrogens with zero attached hydrogens (tertiary/aromatic N) is 2. The van der Waals surface area contributed by atoms with Crippen LogP contribution >= 0.6 is 0 Å². The van der Waals surface area contributed by atoms with Gasteiger partial charge in [-0.15, -0.1) is 0 Å². The highest BCUT2D eigenvalue weighted by molar-refractivity contribution is 5.86. The van der Waals surface area contributed by atoms with Crippen LogP contribution in [0.1, 0.15) is 37.7 Å². The van der Waals surface area contributed by atoms with Gasteiger partial charge >= 0.3 is 0 Å². The molecular formula is C18H21N3. The molecule has 1 heterocycles. The second-order valence-electron chi connectivity index (χ2n) is 5.65. The zero-order valence-corrected chi connectivity index (χ0v) is 12.4. The van der Waals surface area contributed by atoms with E-state index in [-0.39, 0.29) is 0 Å². The lowest BCUT2D eigenvalue weighted by atomic mass is 9.95. The van der Waals surface area contributed by atoms with Crippen molar-refractivity contribution in [3.63, 3.8) is 0 Å². The van der Waals surface area contributed by atoms with Gasteiger partial charge in [-0.3, -0.25) is 0 Å². The fourth-order valence-electron chi connectivity index (χ4n) is 2.71. The molecular weight excluding hydrogens is 258 g/mol. The molecule has 0 spiro atoms. The summed E-state index contributed by atoms with van der Waals surface area (Å²) in [4.78, 5) is 9.41. The van der Waals surface area contributed by atoms with E-state index in [1.54, 1.807) is 0 Å². The van der Waals surface area contributed by atoms with Crippen LogP contribution in [0.3, 0.4) is 0 Å². The molecule has 0 saturated heterocycles. The summed E-state index contributed by atoms with van der Waals surface area (Å²) < 4.78 is 0. The Bertz CT molecular complexity index is 752. The topological polar surface area (TPSA) is 51.8 Å². The van der Waals surface area contributed by atoms with E-state index < -0.39 is 0 Å². The lowest BCUT2D eigenvalue weighted by molar-refractivity contribution is 0.610. The highest BCUT2D eigenvalue weighted by Crippen LogP contribution is 2.25. The van der Waals surface area contributed by atoms with Gasteiger partial charge in [-0.1, -0.05) is 31.5 Å². The molecule has 3 heteroatoms. The second-order valence-corrected chi connectivity index (χ2v) is 5.65. The van der Waals surface area contributed by atoms with Crippen LogP contribution < -0.4 is 5.73 Å². The molecule has 1 aromatic heterocycles. The van der Waals surface area contributed by atoms with Gasteiger partial charge < -0.3 is 5.73 Å². The van der Waals surface area contributed by atoms with Crippen molar-refractivity contribution in [3.05, 3.63) is 48.0 Å². The summed E-state index contributed by atoms with van der Waals surface area (Å²) in [6.07, 6.45) is 3.45. The predicted molar refractivity (Wildman–Crippen MR) is 88.4 cm³/mol. The fourth-order valence-corrected chi connectivity index (χ4v) is 2.71. The lowest BCUT2D eigenvalue weighted by Crippen LogP contribution is -2.00. The molecule has 0 amide bonds. The number of aromatic nitrogens is 2. The first kappa shape index (κ1) is 14.0. The van der Waals surface area contributed by atoms with Crippen LogP contribution in [0.25, 0.3) is 22.1 Å². The van der Waals surface area contributed by atoms with Crippen LogP contribution in [-0.4, -0.2) is 16.5 Å². The van der Waals surface area contributed by atoms with Gasteiger partial charge in [0.05, 0.1) is 22.1 Å². The summed E-state index contributed by atoms with van der Waals surface area (Å²) in [7, 11) is 0. The molecule has 3 nitrogen and oxygen atoms in total. The number of hydrogen-bond acceptors (Lipinski definition) is 3. The first-order valence-electron chi connectivity index (χ1n) is 7.64. The van der Waals surface area contributed by atoms with E-state index in [1.165, 1.54) is 18.4 Å². The van der Waals surface area contributed by atoms with E-state index in [9.17, 15) is 0 Å². The molecule has 1 unspecified atom stereocenters. The zero-order valence-electron chi connectivity index (χ0n) is 12.4. The van der Waals surface area contributed by atoms with Gasteiger partial charge in [0.1, 0.15) is 0 Å².